The third-order valence-corrected chi connectivity index (χ3v) is 10.9. The molecule has 10 aromatic rings. The number of anilines is 6. The van der Waals surface area contributed by atoms with E-state index >= 15 is 0 Å². The average Bonchev–Trinajstić information content (AvgIpc) is 3.30. The largest absolute Gasteiger partial charge is 0.320 e. The Balaban J connectivity index is 1.19. The lowest BCUT2D eigenvalue weighted by Crippen LogP contribution is -2.13. The van der Waals surface area contributed by atoms with E-state index in [4.69, 9.17) is 11.6 Å². The topological polar surface area (TPSA) is 47.5 Å². The maximum atomic E-state index is 10.6. The van der Waals surface area contributed by atoms with Gasteiger partial charge in [0, 0.05) is 22.7 Å². The van der Waals surface area contributed by atoms with Gasteiger partial charge in [-0.25, -0.2) is 9.83 Å². The standard InChI is InChI=1S/C53H33N5/c1-55-46-34-41(37-15-7-3-8-16-37)25-31-50(46)57(43-17-9-4-10-18-43)48-29-22-38-21-27-45-49(30-23-39-20-26-44(48)52(38)53(39)45)58(51-19-11-12-32-56-51)47-28-24-40(33-42(47)35-54)36-13-5-2-6-14-36/h2-34H. The summed E-state index contributed by atoms with van der Waals surface area (Å²) < 4.78 is 0. The van der Waals surface area contributed by atoms with Crippen molar-refractivity contribution < 1.29 is 0 Å². The normalized spacial score (nSPS) is 11.1. The van der Waals surface area contributed by atoms with E-state index in [0.717, 1.165) is 83.0 Å². The first-order valence-electron chi connectivity index (χ1n) is 19.1. The van der Waals surface area contributed by atoms with Crippen LogP contribution in [0.15, 0.2) is 200 Å². The molecule has 0 aliphatic carbocycles. The van der Waals surface area contributed by atoms with Gasteiger partial charge in [0.1, 0.15) is 11.9 Å². The molecule has 9 aromatic carbocycles. The molecule has 0 bridgehead atoms. The number of nitriles is 1. The number of benzene rings is 9. The predicted octanol–water partition coefficient (Wildman–Crippen LogP) is 14.7. The monoisotopic (exact) mass is 739 g/mol. The quantitative estimate of drug-likeness (QED) is 0.115. The second-order valence-corrected chi connectivity index (χ2v) is 14.2. The molecular weight excluding hydrogens is 707 g/mol. The lowest BCUT2D eigenvalue weighted by molar-refractivity contribution is 1.18. The molecule has 0 saturated heterocycles. The van der Waals surface area contributed by atoms with Crippen molar-refractivity contribution in [1.82, 2.24) is 4.98 Å². The Morgan fingerprint density at radius 1 is 0.466 bits per heavy atom. The van der Waals surface area contributed by atoms with E-state index < -0.39 is 0 Å². The van der Waals surface area contributed by atoms with Gasteiger partial charge in [-0.15, -0.1) is 0 Å². The molecule has 0 aliphatic heterocycles. The zero-order valence-corrected chi connectivity index (χ0v) is 31.3. The number of hydrogen-bond donors (Lipinski definition) is 0. The Morgan fingerprint density at radius 3 is 1.55 bits per heavy atom. The Morgan fingerprint density at radius 2 is 0.983 bits per heavy atom. The summed E-state index contributed by atoms with van der Waals surface area (Å²) in [5.74, 6) is 0.711. The Hall–Kier alpha value is -8.25. The SMILES string of the molecule is [C-]#[N+]c1cc(-c2ccccc2)ccc1N(c1ccccc1)c1ccc2ccc3c(N(c4ccccn4)c4ccc(-c5ccccc5)cc4C#N)ccc4ccc1c2c43. The molecule has 0 aliphatic rings. The summed E-state index contributed by atoms with van der Waals surface area (Å²) in [6.45, 7) is 8.35. The van der Waals surface area contributed by atoms with Gasteiger partial charge >= 0.3 is 0 Å². The number of para-hydroxylation sites is 1. The number of pyridine rings is 1. The Kier molecular flexibility index (Phi) is 8.53. The molecule has 1 aromatic heterocycles. The predicted molar refractivity (Wildman–Crippen MR) is 239 cm³/mol. The maximum Gasteiger partial charge on any atom is 0.211 e. The molecular formula is C53H33N5. The second-order valence-electron chi connectivity index (χ2n) is 14.2. The molecule has 0 radical (unpaired) electrons. The first-order valence-corrected chi connectivity index (χ1v) is 19.1. The van der Waals surface area contributed by atoms with Crippen molar-refractivity contribution in [3.63, 3.8) is 0 Å². The van der Waals surface area contributed by atoms with E-state index in [0.29, 0.717) is 17.1 Å². The van der Waals surface area contributed by atoms with Crippen LogP contribution in [0.5, 0.6) is 0 Å². The van der Waals surface area contributed by atoms with Crippen LogP contribution >= 0.6 is 0 Å². The van der Waals surface area contributed by atoms with Crippen LogP contribution in [0.1, 0.15) is 5.56 Å². The summed E-state index contributed by atoms with van der Waals surface area (Å²) in [7, 11) is 0. The molecule has 0 saturated carbocycles. The van der Waals surface area contributed by atoms with Gasteiger partial charge in [0.05, 0.1) is 34.9 Å². The minimum Gasteiger partial charge on any atom is -0.320 e. The number of nitrogens with zero attached hydrogens (tertiary/aromatic N) is 5. The van der Waals surface area contributed by atoms with Crippen molar-refractivity contribution in [3.05, 3.63) is 217 Å². The average molecular weight is 740 g/mol. The van der Waals surface area contributed by atoms with E-state index in [2.05, 4.69) is 124 Å². The van der Waals surface area contributed by atoms with E-state index in [1.165, 1.54) is 0 Å². The molecule has 0 unspecified atom stereocenters. The first kappa shape index (κ1) is 34.3. The second kappa shape index (κ2) is 14.4. The minimum atomic E-state index is 0.549. The maximum absolute atomic E-state index is 10.6. The highest BCUT2D eigenvalue weighted by Crippen LogP contribution is 2.49. The highest BCUT2D eigenvalue weighted by Gasteiger charge is 2.24. The lowest BCUT2D eigenvalue weighted by Gasteiger charge is -2.30. The molecule has 58 heavy (non-hydrogen) atoms. The Bertz CT molecular complexity index is 2970. The molecule has 0 atom stereocenters. The minimum absolute atomic E-state index is 0.549. The smallest absolute Gasteiger partial charge is 0.211 e. The van der Waals surface area contributed by atoms with Gasteiger partial charge in [0.2, 0.25) is 5.69 Å². The van der Waals surface area contributed by atoms with Crippen molar-refractivity contribution in [2.75, 3.05) is 9.80 Å². The van der Waals surface area contributed by atoms with Gasteiger partial charge in [-0.1, -0.05) is 133 Å². The lowest BCUT2D eigenvalue weighted by atomic mass is 9.91. The van der Waals surface area contributed by atoms with E-state index in [1.54, 1.807) is 6.20 Å². The van der Waals surface area contributed by atoms with Crippen LogP contribution in [0.3, 0.4) is 0 Å². The van der Waals surface area contributed by atoms with Crippen molar-refractivity contribution in [3.8, 4) is 28.3 Å². The van der Waals surface area contributed by atoms with Crippen molar-refractivity contribution in [2.24, 2.45) is 0 Å². The molecule has 10 rings (SSSR count). The zero-order chi connectivity index (χ0) is 39.0. The fourth-order valence-corrected chi connectivity index (χ4v) is 8.25. The molecule has 270 valence electrons. The zero-order valence-electron chi connectivity index (χ0n) is 31.3. The van der Waals surface area contributed by atoms with Gasteiger partial charge in [0.15, 0.2) is 0 Å². The van der Waals surface area contributed by atoms with Crippen LogP contribution in [0.4, 0.5) is 39.9 Å². The number of rotatable bonds is 8. The third-order valence-electron chi connectivity index (χ3n) is 10.9. The summed E-state index contributed by atoms with van der Waals surface area (Å²) in [4.78, 5) is 13.2. The van der Waals surface area contributed by atoms with Gasteiger partial charge in [-0.2, -0.15) is 5.26 Å². The number of hydrogen-bond acceptors (Lipinski definition) is 4. The summed E-state index contributed by atoms with van der Waals surface area (Å²) >= 11 is 0. The molecule has 0 spiro atoms. The van der Waals surface area contributed by atoms with E-state index in [9.17, 15) is 5.26 Å². The van der Waals surface area contributed by atoms with Crippen molar-refractivity contribution >= 4 is 72.3 Å². The van der Waals surface area contributed by atoms with Crippen LogP contribution in [0, 0.1) is 17.9 Å². The summed E-state index contributed by atoms with van der Waals surface area (Å²) in [6, 6.07) is 68.6. The van der Waals surface area contributed by atoms with E-state index in [1.807, 2.05) is 91.0 Å². The van der Waals surface area contributed by atoms with Crippen LogP contribution in [-0.2, 0) is 0 Å². The summed E-state index contributed by atoms with van der Waals surface area (Å²) in [6.07, 6.45) is 1.79. The van der Waals surface area contributed by atoms with Crippen LogP contribution in [0.25, 0.3) is 59.4 Å². The molecule has 0 fully saturated rings. The van der Waals surface area contributed by atoms with Gasteiger partial charge in [-0.05, 0) is 104 Å². The van der Waals surface area contributed by atoms with Crippen molar-refractivity contribution in [1.29, 1.82) is 5.26 Å². The van der Waals surface area contributed by atoms with Crippen LogP contribution in [0.2, 0.25) is 0 Å². The fourth-order valence-electron chi connectivity index (χ4n) is 8.25. The van der Waals surface area contributed by atoms with Crippen LogP contribution < -0.4 is 9.80 Å². The first-order chi connectivity index (χ1) is 28.7. The van der Waals surface area contributed by atoms with Gasteiger partial charge < -0.3 is 4.90 Å². The number of aromatic nitrogens is 1. The molecule has 5 heteroatoms. The highest BCUT2D eigenvalue weighted by molar-refractivity contribution is 6.28. The van der Waals surface area contributed by atoms with E-state index in [-0.39, 0.29) is 0 Å². The molecule has 0 N–H and O–H groups in total. The van der Waals surface area contributed by atoms with Crippen molar-refractivity contribution in [2.45, 2.75) is 0 Å². The highest BCUT2D eigenvalue weighted by atomic mass is 15.2. The van der Waals surface area contributed by atoms with Gasteiger partial charge in [0.25, 0.3) is 0 Å². The summed E-state index contributed by atoms with van der Waals surface area (Å²) in [5, 5.41) is 17.2. The molecule has 5 nitrogen and oxygen atoms in total. The van der Waals surface area contributed by atoms with Crippen LogP contribution in [-0.4, -0.2) is 4.98 Å². The summed E-state index contributed by atoms with van der Waals surface area (Å²) in [5.41, 5.74) is 9.61. The molecule has 1 heterocycles. The Labute approximate surface area is 336 Å². The fraction of sp³-hybridized carbons (Fsp3) is 0. The third kappa shape index (κ3) is 5.83. The van der Waals surface area contributed by atoms with Gasteiger partial charge in [-0.3, -0.25) is 4.90 Å². The molecule has 0 amide bonds.